The van der Waals surface area contributed by atoms with Gasteiger partial charge >= 0.3 is 5.76 Å². The van der Waals surface area contributed by atoms with Crippen molar-refractivity contribution in [2.75, 3.05) is 17.2 Å². The topological polar surface area (TPSA) is 120 Å². The van der Waals surface area contributed by atoms with E-state index < -0.39 is 5.76 Å². The van der Waals surface area contributed by atoms with Gasteiger partial charge in [0.05, 0.1) is 21.8 Å². The molecule has 2 N–H and O–H groups in total. The highest BCUT2D eigenvalue weighted by Crippen LogP contribution is 2.33. The highest BCUT2D eigenvalue weighted by atomic mass is 35.5. The van der Waals surface area contributed by atoms with Crippen molar-refractivity contribution in [2.24, 2.45) is 0 Å². The van der Waals surface area contributed by atoms with Gasteiger partial charge in [-0.15, -0.1) is 5.10 Å². The van der Waals surface area contributed by atoms with Gasteiger partial charge in [-0.05, 0) is 59.2 Å². The van der Waals surface area contributed by atoms with Gasteiger partial charge < -0.3 is 19.8 Å². The monoisotopic (exact) mass is 573 g/mol. The third-order valence-corrected chi connectivity index (χ3v) is 4.98. The summed E-state index contributed by atoms with van der Waals surface area (Å²) in [6, 6.07) is 3.11. The van der Waals surface area contributed by atoms with Gasteiger partial charge in [0.1, 0.15) is 5.75 Å². The first-order chi connectivity index (χ1) is 17.0. The summed E-state index contributed by atoms with van der Waals surface area (Å²) in [6.07, 6.45) is -0.0642. The lowest BCUT2D eigenvalue weighted by molar-refractivity contribution is 0.242. The van der Waals surface area contributed by atoms with Crippen LogP contribution in [-0.4, -0.2) is 42.9 Å². The van der Waals surface area contributed by atoms with Crippen molar-refractivity contribution in [1.29, 1.82) is 0 Å². The van der Waals surface area contributed by atoms with E-state index in [1.165, 1.54) is 6.07 Å². The maximum Gasteiger partial charge on any atom is 0.442 e. The molecular formula is C24H34Cl3N7O3. The average Bonchev–Trinajstić information content (AvgIpc) is 3.11. The first-order valence-electron chi connectivity index (χ1n) is 11.7. The van der Waals surface area contributed by atoms with E-state index in [-0.39, 0.29) is 27.4 Å². The van der Waals surface area contributed by atoms with Gasteiger partial charge in [0, 0.05) is 23.6 Å². The van der Waals surface area contributed by atoms with E-state index in [0.29, 0.717) is 34.2 Å². The van der Waals surface area contributed by atoms with Gasteiger partial charge in [-0.2, -0.15) is 19.6 Å². The number of rotatable bonds is 6. The van der Waals surface area contributed by atoms with Crippen LogP contribution >= 0.6 is 34.8 Å². The lowest BCUT2D eigenvalue weighted by atomic mass is 9.97. The Morgan fingerprint density at radius 3 is 2.14 bits per heavy atom. The SMILES string of the molecule is CC(C)Oc1cc(-n2nc(C(C)(C)C)oc2=O)c(Cl)cc1Cl.CCNc1nc(Cl)nc(NC(C)(C)C)n1. The van der Waals surface area contributed by atoms with Crippen LogP contribution < -0.4 is 21.1 Å². The molecule has 0 atom stereocenters. The molecule has 3 rings (SSSR count). The minimum atomic E-state index is -0.607. The summed E-state index contributed by atoms with van der Waals surface area (Å²) in [6.45, 7) is 18.3. The summed E-state index contributed by atoms with van der Waals surface area (Å²) in [5, 5.41) is 11.2. The summed E-state index contributed by atoms with van der Waals surface area (Å²) in [4.78, 5) is 24.2. The maximum atomic E-state index is 12.1. The number of aromatic nitrogens is 5. The maximum absolute atomic E-state index is 12.1. The van der Waals surface area contributed by atoms with Crippen LogP contribution in [0.25, 0.3) is 5.69 Å². The Kier molecular flexibility index (Phi) is 10.2. The van der Waals surface area contributed by atoms with E-state index in [9.17, 15) is 4.79 Å². The van der Waals surface area contributed by atoms with E-state index in [2.05, 4.69) is 30.7 Å². The number of benzene rings is 1. The molecule has 0 amide bonds. The number of nitrogens with zero attached hydrogens (tertiary/aromatic N) is 5. The van der Waals surface area contributed by atoms with Crippen LogP contribution in [0.5, 0.6) is 5.75 Å². The molecule has 0 aliphatic rings. The molecule has 0 saturated carbocycles. The van der Waals surface area contributed by atoms with Gasteiger partial charge in [0.25, 0.3) is 0 Å². The predicted molar refractivity (Wildman–Crippen MR) is 149 cm³/mol. The van der Waals surface area contributed by atoms with Crippen molar-refractivity contribution in [2.45, 2.75) is 79.4 Å². The fraction of sp³-hybridized carbons (Fsp3) is 0.542. The number of hydrogen-bond acceptors (Lipinski definition) is 9. The number of ether oxygens (including phenoxy) is 1. The molecule has 0 spiro atoms. The zero-order valence-electron chi connectivity index (χ0n) is 22.5. The van der Waals surface area contributed by atoms with E-state index >= 15 is 0 Å². The quantitative estimate of drug-likeness (QED) is 0.345. The zero-order valence-corrected chi connectivity index (χ0v) is 24.8. The van der Waals surface area contributed by atoms with Crippen molar-refractivity contribution >= 4 is 46.7 Å². The molecule has 1 aromatic carbocycles. The van der Waals surface area contributed by atoms with Gasteiger partial charge in [0.15, 0.2) is 0 Å². The van der Waals surface area contributed by atoms with Gasteiger partial charge in [-0.25, -0.2) is 4.79 Å². The summed E-state index contributed by atoms with van der Waals surface area (Å²) >= 11 is 18.1. The van der Waals surface area contributed by atoms with Gasteiger partial charge in [-0.1, -0.05) is 44.0 Å². The Labute approximate surface area is 232 Å². The molecule has 204 valence electrons. The van der Waals surface area contributed by atoms with E-state index in [4.69, 9.17) is 44.0 Å². The molecule has 0 unspecified atom stereocenters. The first kappa shape index (κ1) is 30.7. The molecule has 3 aromatic rings. The van der Waals surface area contributed by atoms with Crippen LogP contribution in [0.3, 0.4) is 0 Å². The molecule has 0 aliphatic carbocycles. The molecule has 0 saturated heterocycles. The van der Waals surface area contributed by atoms with E-state index in [0.717, 1.165) is 11.2 Å². The number of hydrogen-bond donors (Lipinski definition) is 2. The van der Waals surface area contributed by atoms with Crippen LogP contribution in [-0.2, 0) is 5.41 Å². The minimum absolute atomic E-state index is 0.0642. The molecule has 0 aliphatic heterocycles. The summed E-state index contributed by atoms with van der Waals surface area (Å²) in [7, 11) is 0. The van der Waals surface area contributed by atoms with Crippen LogP contribution in [0.2, 0.25) is 15.3 Å². The standard InChI is InChI=1S/C15H18Cl2N2O3.C9H16ClN5/c1-8(2)21-12-7-11(9(16)6-10(12)17)19-14(20)22-13(18-19)15(3,4)5;1-5-11-7-12-6(10)13-8(14-7)15-9(2,3)4/h6-8H,1-5H3;5H2,1-4H3,(H2,11,12,13,14,15). The Morgan fingerprint density at radius 2 is 1.62 bits per heavy atom. The Morgan fingerprint density at radius 1 is 1.00 bits per heavy atom. The number of anilines is 2. The average molecular weight is 575 g/mol. The third kappa shape index (κ3) is 9.36. The minimum Gasteiger partial charge on any atom is -0.489 e. The van der Waals surface area contributed by atoms with Crippen molar-refractivity contribution < 1.29 is 9.15 Å². The second-order valence-corrected chi connectivity index (χ2v) is 11.5. The summed E-state index contributed by atoms with van der Waals surface area (Å²) in [5.74, 6) is 1.13. The molecular weight excluding hydrogens is 541 g/mol. The van der Waals surface area contributed by atoms with Crippen LogP contribution in [0.4, 0.5) is 11.9 Å². The largest absolute Gasteiger partial charge is 0.489 e. The second kappa shape index (κ2) is 12.3. The van der Waals surface area contributed by atoms with Crippen molar-refractivity contribution in [3.05, 3.63) is 43.9 Å². The van der Waals surface area contributed by atoms with Crippen molar-refractivity contribution in [1.82, 2.24) is 24.7 Å². The number of halogens is 3. The predicted octanol–water partition coefficient (Wildman–Crippen LogP) is 6.38. The smallest absolute Gasteiger partial charge is 0.442 e. The van der Waals surface area contributed by atoms with Gasteiger partial charge in [0.2, 0.25) is 23.1 Å². The molecule has 37 heavy (non-hydrogen) atoms. The van der Waals surface area contributed by atoms with Crippen LogP contribution in [0, 0.1) is 0 Å². The summed E-state index contributed by atoms with van der Waals surface area (Å²) < 4.78 is 11.9. The Hall–Kier alpha value is -2.56. The molecule has 0 fully saturated rings. The third-order valence-electron chi connectivity index (χ3n) is 4.21. The lowest BCUT2D eigenvalue weighted by Gasteiger charge is -2.20. The van der Waals surface area contributed by atoms with Crippen molar-refractivity contribution in [3.8, 4) is 11.4 Å². The highest BCUT2D eigenvalue weighted by molar-refractivity contribution is 6.36. The fourth-order valence-corrected chi connectivity index (χ4v) is 3.40. The second-order valence-electron chi connectivity index (χ2n) is 10.4. The van der Waals surface area contributed by atoms with E-state index in [1.807, 2.05) is 62.3 Å². The molecule has 0 radical (unpaired) electrons. The first-order valence-corrected chi connectivity index (χ1v) is 12.8. The summed E-state index contributed by atoms with van der Waals surface area (Å²) in [5.41, 5.74) is -0.125. The molecule has 0 bridgehead atoms. The Balaban J connectivity index is 0.000000281. The molecule has 10 nitrogen and oxygen atoms in total. The van der Waals surface area contributed by atoms with Crippen LogP contribution in [0.1, 0.15) is 68.2 Å². The lowest BCUT2D eigenvalue weighted by Crippen LogP contribution is -2.27. The van der Waals surface area contributed by atoms with Crippen molar-refractivity contribution in [3.63, 3.8) is 0 Å². The normalized spacial score (nSPS) is 11.7. The highest BCUT2D eigenvalue weighted by Gasteiger charge is 2.24. The molecule has 2 aromatic heterocycles. The Bertz CT molecular complexity index is 1260. The fourth-order valence-electron chi connectivity index (χ4n) is 2.74. The number of nitrogens with one attached hydrogen (secondary N) is 2. The molecule has 13 heteroatoms. The van der Waals surface area contributed by atoms with E-state index in [1.54, 1.807) is 6.07 Å². The van der Waals surface area contributed by atoms with Gasteiger partial charge in [-0.3, -0.25) is 0 Å². The molecule has 2 heterocycles. The zero-order chi connectivity index (χ0) is 28.1. The van der Waals surface area contributed by atoms with Crippen LogP contribution in [0.15, 0.2) is 21.3 Å².